The minimum absolute atomic E-state index is 0.236. The van der Waals surface area contributed by atoms with Crippen molar-refractivity contribution in [2.45, 2.75) is 19.3 Å². The van der Waals surface area contributed by atoms with E-state index in [0.29, 0.717) is 5.69 Å². The summed E-state index contributed by atoms with van der Waals surface area (Å²) in [7, 11) is 0. The molecule has 1 amide bonds. The van der Waals surface area contributed by atoms with E-state index in [9.17, 15) is 4.79 Å². The maximum absolute atomic E-state index is 12.7. The summed E-state index contributed by atoms with van der Waals surface area (Å²) in [5.74, 6) is 0.645. The molecule has 1 fully saturated rings. The topological polar surface area (TPSA) is 58.1 Å². The molecule has 5 heteroatoms. The van der Waals surface area contributed by atoms with E-state index in [2.05, 4.69) is 20.4 Å². The normalized spacial score (nSPS) is 14.5. The number of rotatable bonds is 3. The molecule has 0 aliphatic carbocycles. The summed E-state index contributed by atoms with van der Waals surface area (Å²) in [6, 6.07) is 17.3. The first-order chi connectivity index (χ1) is 12.3. The summed E-state index contributed by atoms with van der Waals surface area (Å²) in [5.41, 5.74) is 1.11. The van der Waals surface area contributed by atoms with Gasteiger partial charge in [0, 0.05) is 29.5 Å². The van der Waals surface area contributed by atoms with Gasteiger partial charge in [0.1, 0.15) is 0 Å². The first kappa shape index (κ1) is 15.6. The van der Waals surface area contributed by atoms with E-state index in [1.807, 2.05) is 54.6 Å². The van der Waals surface area contributed by atoms with Crippen molar-refractivity contribution in [1.82, 2.24) is 10.2 Å². The van der Waals surface area contributed by atoms with Crippen LogP contribution in [0.3, 0.4) is 0 Å². The Kier molecular flexibility index (Phi) is 4.29. The highest BCUT2D eigenvalue weighted by Gasteiger charge is 2.20. The number of piperidine rings is 1. The lowest BCUT2D eigenvalue weighted by Gasteiger charge is -2.28. The number of para-hydroxylation sites is 1. The summed E-state index contributed by atoms with van der Waals surface area (Å²) in [6.07, 6.45) is 3.61. The minimum atomic E-state index is -0.236. The molecule has 4 rings (SSSR count). The van der Waals surface area contributed by atoms with Crippen LogP contribution in [0.15, 0.2) is 54.6 Å². The van der Waals surface area contributed by atoms with Crippen LogP contribution in [0.25, 0.3) is 10.8 Å². The highest BCUT2D eigenvalue weighted by atomic mass is 16.1. The van der Waals surface area contributed by atoms with Gasteiger partial charge in [-0.05, 0) is 31.4 Å². The van der Waals surface area contributed by atoms with Crippen LogP contribution in [0.2, 0.25) is 0 Å². The summed E-state index contributed by atoms with van der Waals surface area (Å²) >= 11 is 0. The van der Waals surface area contributed by atoms with E-state index in [1.54, 1.807) is 0 Å². The predicted molar refractivity (Wildman–Crippen MR) is 100.0 cm³/mol. The van der Waals surface area contributed by atoms with Gasteiger partial charge in [-0.3, -0.25) is 4.79 Å². The van der Waals surface area contributed by atoms with Crippen LogP contribution >= 0.6 is 0 Å². The van der Waals surface area contributed by atoms with E-state index in [-0.39, 0.29) is 5.91 Å². The number of carbonyl (C=O) groups is 1. The first-order valence-corrected chi connectivity index (χ1v) is 8.70. The zero-order valence-electron chi connectivity index (χ0n) is 14.0. The van der Waals surface area contributed by atoms with Crippen molar-refractivity contribution in [3.8, 4) is 0 Å². The number of nitrogens with zero attached hydrogens (tertiary/aromatic N) is 3. The van der Waals surface area contributed by atoms with E-state index in [4.69, 9.17) is 0 Å². The SMILES string of the molecule is O=C(Nc1ccccc1)c1nnc(N2CCCCC2)c2ccccc12. The first-order valence-electron chi connectivity index (χ1n) is 8.70. The van der Waals surface area contributed by atoms with E-state index >= 15 is 0 Å². The van der Waals surface area contributed by atoms with Crippen molar-refractivity contribution in [2.24, 2.45) is 0 Å². The minimum Gasteiger partial charge on any atom is -0.355 e. The lowest BCUT2D eigenvalue weighted by molar-refractivity contribution is 0.102. The Morgan fingerprint density at radius 3 is 2.28 bits per heavy atom. The molecular formula is C20H20N4O. The Balaban J connectivity index is 1.72. The Morgan fingerprint density at radius 2 is 1.52 bits per heavy atom. The molecule has 0 atom stereocenters. The van der Waals surface area contributed by atoms with E-state index < -0.39 is 0 Å². The average Bonchev–Trinajstić information content (AvgIpc) is 2.68. The number of carbonyl (C=O) groups excluding carboxylic acids is 1. The average molecular weight is 332 g/mol. The molecule has 1 N–H and O–H groups in total. The summed E-state index contributed by atoms with van der Waals surface area (Å²) in [5, 5.41) is 13.4. The standard InChI is InChI=1S/C20H20N4O/c25-20(21-15-9-3-1-4-10-15)18-16-11-5-6-12-17(16)19(23-22-18)24-13-7-2-8-14-24/h1,3-6,9-12H,2,7-8,13-14H2,(H,21,25). The molecule has 0 unspecified atom stereocenters. The fraction of sp³-hybridized carbons (Fsp3) is 0.250. The zero-order chi connectivity index (χ0) is 17.1. The molecule has 0 saturated carbocycles. The number of hydrogen-bond acceptors (Lipinski definition) is 4. The van der Waals surface area contributed by atoms with Gasteiger partial charge in [-0.2, -0.15) is 0 Å². The Morgan fingerprint density at radius 1 is 0.840 bits per heavy atom. The van der Waals surface area contributed by atoms with Gasteiger partial charge < -0.3 is 10.2 Å². The third-order valence-corrected chi connectivity index (χ3v) is 4.57. The largest absolute Gasteiger partial charge is 0.355 e. The van der Waals surface area contributed by atoms with Crippen molar-refractivity contribution < 1.29 is 4.79 Å². The van der Waals surface area contributed by atoms with Gasteiger partial charge in [-0.1, -0.05) is 42.5 Å². The quantitative estimate of drug-likeness (QED) is 0.791. The molecule has 126 valence electrons. The maximum Gasteiger partial charge on any atom is 0.276 e. The van der Waals surface area contributed by atoms with E-state index in [1.165, 1.54) is 19.3 Å². The van der Waals surface area contributed by atoms with Gasteiger partial charge in [0.15, 0.2) is 11.5 Å². The second-order valence-corrected chi connectivity index (χ2v) is 6.29. The molecule has 1 aromatic heterocycles. The molecule has 1 aliphatic rings. The van der Waals surface area contributed by atoms with E-state index in [0.717, 1.165) is 35.4 Å². The molecule has 0 spiro atoms. The number of nitrogens with one attached hydrogen (secondary N) is 1. The highest BCUT2D eigenvalue weighted by Crippen LogP contribution is 2.28. The Hall–Kier alpha value is -2.95. The van der Waals surface area contributed by atoms with Crippen molar-refractivity contribution in [3.05, 3.63) is 60.3 Å². The van der Waals surface area contributed by atoms with Crippen molar-refractivity contribution in [2.75, 3.05) is 23.3 Å². The molecule has 25 heavy (non-hydrogen) atoms. The van der Waals surface area contributed by atoms with Gasteiger partial charge in [-0.25, -0.2) is 0 Å². The number of fused-ring (bicyclic) bond motifs is 1. The molecule has 0 bridgehead atoms. The zero-order valence-corrected chi connectivity index (χ0v) is 14.0. The lowest BCUT2D eigenvalue weighted by Crippen LogP contribution is -2.31. The molecule has 0 radical (unpaired) electrons. The number of hydrogen-bond donors (Lipinski definition) is 1. The second-order valence-electron chi connectivity index (χ2n) is 6.29. The van der Waals surface area contributed by atoms with Crippen LogP contribution in [-0.4, -0.2) is 29.2 Å². The lowest BCUT2D eigenvalue weighted by atomic mass is 10.1. The van der Waals surface area contributed by atoms with Crippen molar-refractivity contribution >= 4 is 28.2 Å². The summed E-state index contributed by atoms with van der Waals surface area (Å²) in [6.45, 7) is 1.99. The van der Waals surface area contributed by atoms with Crippen LogP contribution in [0.4, 0.5) is 11.5 Å². The predicted octanol–water partition coefficient (Wildman–Crippen LogP) is 3.87. The summed E-state index contributed by atoms with van der Waals surface area (Å²) in [4.78, 5) is 15.0. The van der Waals surface area contributed by atoms with Crippen molar-refractivity contribution in [1.29, 1.82) is 0 Å². The Bertz CT molecular complexity index is 889. The van der Waals surface area contributed by atoms with Crippen LogP contribution in [-0.2, 0) is 0 Å². The highest BCUT2D eigenvalue weighted by molar-refractivity contribution is 6.12. The molecule has 2 heterocycles. The molecule has 2 aromatic carbocycles. The second kappa shape index (κ2) is 6.89. The molecule has 5 nitrogen and oxygen atoms in total. The van der Waals surface area contributed by atoms with Gasteiger partial charge >= 0.3 is 0 Å². The van der Waals surface area contributed by atoms with Crippen molar-refractivity contribution in [3.63, 3.8) is 0 Å². The molecule has 3 aromatic rings. The van der Waals surface area contributed by atoms with Gasteiger partial charge in [0.2, 0.25) is 0 Å². The fourth-order valence-electron chi connectivity index (χ4n) is 3.31. The van der Waals surface area contributed by atoms with Crippen LogP contribution in [0, 0.1) is 0 Å². The van der Waals surface area contributed by atoms with Crippen LogP contribution < -0.4 is 10.2 Å². The van der Waals surface area contributed by atoms with Gasteiger partial charge in [-0.15, -0.1) is 10.2 Å². The molecule has 1 aliphatic heterocycles. The van der Waals surface area contributed by atoms with Gasteiger partial charge in [0.05, 0.1) is 0 Å². The monoisotopic (exact) mass is 332 g/mol. The number of amides is 1. The third kappa shape index (κ3) is 3.18. The number of anilines is 2. The fourth-order valence-corrected chi connectivity index (χ4v) is 3.31. The number of aromatic nitrogens is 2. The molecular weight excluding hydrogens is 312 g/mol. The van der Waals surface area contributed by atoms with Crippen LogP contribution in [0.1, 0.15) is 29.8 Å². The molecule has 1 saturated heterocycles. The summed E-state index contributed by atoms with van der Waals surface area (Å²) < 4.78 is 0. The smallest absolute Gasteiger partial charge is 0.276 e. The van der Waals surface area contributed by atoms with Crippen LogP contribution in [0.5, 0.6) is 0 Å². The third-order valence-electron chi connectivity index (χ3n) is 4.57. The maximum atomic E-state index is 12.7. The Labute approximate surface area is 146 Å². The number of benzene rings is 2. The van der Waals surface area contributed by atoms with Gasteiger partial charge in [0.25, 0.3) is 5.91 Å².